The van der Waals surface area contributed by atoms with Gasteiger partial charge in [-0.1, -0.05) is 6.92 Å². The molecule has 0 spiro atoms. The maximum atomic E-state index is 12.1. The van der Waals surface area contributed by atoms with Crippen molar-refractivity contribution in [2.45, 2.75) is 51.8 Å². The summed E-state index contributed by atoms with van der Waals surface area (Å²) in [5.41, 5.74) is -0.0292. The average molecular weight is 251 g/mol. The SMILES string of the molecule is CCCn1ccnc(NC2CCOC(C)C2)c1=O. The Morgan fingerprint density at radius 3 is 3.17 bits per heavy atom. The highest BCUT2D eigenvalue weighted by molar-refractivity contribution is 5.32. The fourth-order valence-electron chi connectivity index (χ4n) is 2.29. The number of rotatable bonds is 4. The van der Waals surface area contributed by atoms with Gasteiger partial charge in [-0.05, 0) is 26.2 Å². The molecule has 100 valence electrons. The van der Waals surface area contributed by atoms with Gasteiger partial charge < -0.3 is 14.6 Å². The molecule has 2 atom stereocenters. The molecule has 5 heteroatoms. The molecule has 18 heavy (non-hydrogen) atoms. The average Bonchev–Trinajstić information content (AvgIpc) is 2.35. The molecule has 1 N–H and O–H groups in total. The number of nitrogens with one attached hydrogen (secondary N) is 1. The van der Waals surface area contributed by atoms with Crippen LogP contribution in [0.2, 0.25) is 0 Å². The first-order valence-electron chi connectivity index (χ1n) is 6.64. The van der Waals surface area contributed by atoms with Crippen molar-refractivity contribution < 1.29 is 4.74 Å². The zero-order chi connectivity index (χ0) is 13.0. The summed E-state index contributed by atoms with van der Waals surface area (Å²) in [6.07, 6.45) is 6.46. The number of ether oxygens (including phenoxy) is 1. The van der Waals surface area contributed by atoms with Crippen LogP contribution in [0.4, 0.5) is 5.82 Å². The Hall–Kier alpha value is -1.36. The highest BCUT2D eigenvalue weighted by Gasteiger charge is 2.20. The number of nitrogens with zero attached hydrogens (tertiary/aromatic N) is 2. The molecule has 0 aliphatic carbocycles. The quantitative estimate of drug-likeness (QED) is 0.883. The predicted octanol–water partition coefficient (Wildman–Crippen LogP) is 1.63. The fourth-order valence-corrected chi connectivity index (χ4v) is 2.29. The number of aryl methyl sites for hydroxylation is 1. The second-order valence-corrected chi connectivity index (χ2v) is 4.82. The lowest BCUT2D eigenvalue weighted by atomic mass is 10.0. The van der Waals surface area contributed by atoms with Crippen LogP contribution in [0.3, 0.4) is 0 Å². The lowest BCUT2D eigenvalue weighted by Crippen LogP contribution is -2.35. The monoisotopic (exact) mass is 251 g/mol. The molecule has 2 heterocycles. The van der Waals surface area contributed by atoms with Crippen LogP contribution in [0.25, 0.3) is 0 Å². The fraction of sp³-hybridized carbons (Fsp3) is 0.692. The zero-order valence-corrected chi connectivity index (χ0v) is 11.1. The van der Waals surface area contributed by atoms with E-state index in [-0.39, 0.29) is 17.7 Å². The largest absolute Gasteiger partial charge is 0.378 e. The Bertz CT molecular complexity index is 444. The lowest BCUT2D eigenvalue weighted by molar-refractivity contribution is 0.0231. The van der Waals surface area contributed by atoms with Gasteiger partial charge in [0.25, 0.3) is 5.56 Å². The van der Waals surface area contributed by atoms with Crippen molar-refractivity contribution in [2.24, 2.45) is 0 Å². The van der Waals surface area contributed by atoms with Gasteiger partial charge in [-0.25, -0.2) is 4.98 Å². The van der Waals surface area contributed by atoms with E-state index in [1.807, 2.05) is 0 Å². The van der Waals surface area contributed by atoms with E-state index in [1.54, 1.807) is 17.0 Å². The van der Waals surface area contributed by atoms with Crippen molar-refractivity contribution in [1.82, 2.24) is 9.55 Å². The standard InChI is InChI=1S/C13H21N3O2/c1-3-6-16-7-5-14-12(13(16)17)15-11-4-8-18-10(2)9-11/h5,7,10-11H,3-4,6,8-9H2,1-2H3,(H,14,15). The second-order valence-electron chi connectivity index (χ2n) is 4.82. The van der Waals surface area contributed by atoms with E-state index in [0.29, 0.717) is 5.82 Å². The summed E-state index contributed by atoms with van der Waals surface area (Å²) in [4.78, 5) is 16.3. The smallest absolute Gasteiger partial charge is 0.293 e. The number of hydrogen-bond donors (Lipinski definition) is 1. The highest BCUT2D eigenvalue weighted by atomic mass is 16.5. The van der Waals surface area contributed by atoms with Gasteiger partial charge in [-0.2, -0.15) is 0 Å². The molecule has 0 amide bonds. The van der Waals surface area contributed by atoms with Crippen LogP contribution in [-0.2, 0) is 11.3 Å². The number of hydrogen-bond acceptors (Lipinski definition) is 4. The molecule has 0 radical (unpaired) electrons. The Kier molecular flexibility index (Phi) is 4.36. The van der Waals surface area contributed by atoms with Crippen molar-refractivity contribution in [2.75, 3.05) is 11.9 Å². The molecule has 0 bridgehead atoms. The van der Waals surface area contributed by atoms with Crippen molar-refractivity contribution >= 4 is 5.82 Å². The number of aromatic nitrogens is 2. The van der Waals surface area contributed by atoms with Crippen LogP contribution >= 0.6 is 0 Å². The van der Waals surface area contributed by atoms with Gasteiger partial charge in [0, 0.05) is 31.6 Å². The summed E-state index contributed by atoms with van der Waals surface area (Å²) in [7, 11) is 0. The van der Waals surface area contributed by atoms with Gasteiger partial charge in [0.05, 0.1) is 6.10 Å². The first-order chi connectivity index (χ1) is 8.70. The van der Waals surface area contributed by atoms with Gasteiger partial charge in [0.15, 0.2) is 5.82 Å². The minimum absolute atomic E-state index is 0.0292. The van der Waals surface area contributed by atoms with Gasteiger partial charge in [-0.15, -0.1) is 0 Å². The predicted molar refractivity (Wildman–Crippen MR) is 70.8 cm³/mol. The summed E-state index contributed by atoms with van der Waals surface area (Å²) in [6, 6.07) is 0.284. The molecule has 2 rings (SSSR count). The van der Waals surface area contributed by atoms with Crippen molar-refractivity contribution in [1.29, 1.82) is 0 Å². The lowest BCUT2D eigenvalue weighted by Gasteiger charge is -2.28. The molecule has 2 unspecified atom stereocenters. The topological polar surface area (TPSA) is 56.1 Å². The minimum Gasteiger partial charge on any atom is -0.378 e. The summed E-state index contributed by atoms with van der Waals surface area (Å²) in [5, 5.41) is 3.25. The zero-order valence-electron chi connectivity index (χ0n) is 11.1. The van der Waals surface area contributed by atoms with Crippen LogP contribution in [0, 0.1) is 0 Å². The van der Waals surface area contributed by atoms with E-state index in [4.69, 9.17) is 4.74 Å². The third kappa shape index (κ3) is 3.10. The molecule has 0 aromatic carbocycles. The van der Waals surface area contributed by atoms with E-state index >= 15 is 0 Å². The molecule has 1 aliphatic heterocycles. The molecule has 5 nitrogen and oxygen atoms in total. The van der Waals surface area contributed by atoms with Crippen LogP contribution in [0.15, 0.2) is 17.2 Å². The molecule has 1 fully saturated rings. The molecule has 0 saturated carbocycles. The van der Waals surface area contributed by atoms with Crippen molar-refractivity contribution in [3.63, 3.8) is 0 Å². The van der Waals surface area contributed by atoms with Crippen molar-refractivity contribution in [3.8, 4) is 0 Å². The maximum absolute atomic E-state index is 12.1. The van der Waals surface area contributed by atoms with Crippen LogP contribution < -0.4 is 10.9 Å². The molecule has 1 aromatic rings. The van der Waals surface area contributed by atoms with E-state index in [1.165, 1.54) is 0 Å². The van der Waals surface area contributed by atoms with E-state index in [9.17, 15) is 4.79 Å². The summed E-state index contributed by atoms with van der Waals surface area (Å²) in [5.74, 6) is 0.463. The third-order valence-corrected chi connectivity index (χ3v) is 3.20. The van der Waals surface area contributed by atoms with Gasteiger partial charge >= 0.3 is 0 Å². The molecule has 1 aliphatic rings. The first kappa shape index (κ1) is 13.1. The Morgan fingerprint density at radius 1 is 1.61 bits per heavy atom. The molecular weight excluding hydrogens is 230 g/mol. The van der Waals surface area contributed by atoms with E-state index < -0.39 is 0 Å². The Balaban J connectivity index is 2.09. The van der Waals surface area contributed by atoms with Crippen LogP contribution in [-0.4, -0.2) is 28.3 Å². The van der Waals surface area contributed by atoms with Crippen LogP contribution in [0.5, 0.6) is 0 Å². The summed E-state index contributed by atoms with van der Waals surface area (Å²) >= 11 is 0. The Labute approximate surface area is 107 Å². The molecule has 1 aromatic heterocycles. The summed E-state index contributed by atoms with van der Waals surface area (Å²) in [6.45, 7) is 5.59. The number of anilines is 1. The van der Waals surface area contributed by atoms with Gasteiger partial charge in [0.1, 0.15) is 0 Å². The van der Waals surface area contributed by atoms with Crippen molar-refractivity contribution in [3.05, 3.63) is 22.7 Å². The Morgan fingerprint density at radius 2 is 2.44 bits per heavy atom. The second kappa shape index (κ2) is 6.00. The minimum atomic E-state index is -0.0292. The van der Waals surface area contributed by atoms with Gasteiger partial charge in [-0.3, -0.25) is 4.79 Å². The third-order valence-electron chi connectivity index (χ3n) is 3.20. The summed E-state index contributed by atoms with van der Waals surface area (Å²) < 4.78 is 7.20. The van der Waals surface area contributed by atoms with Gasteiger partial charge in [0.2, 0.25) is 0 Å². The normalized spacial score (nSPS) is 23.9. The maximum Gasteiger partial charge on any atom is 0.293 e. The molecular formula is C13H21N3O2. The molecule has 1 saturated heterocycles. The first-order valence-corrected chi connectivity index (χ1v) is 6.64. The van der Waals surface area contributed by atoms with E-state index in [2.05, 4.69) is 24.1 Å². The van der Waals surface area contributed by atoms with Crippen LogP contribution in [0.1, 0.15) is 33.1 Å². The highest BCUT2D eigenvalue weighted by Crippen LogP contribution is 2.15. The van der Waals surface area contributed by atoms with E-state index in [0.717, 1.165) is 32.4 Å².